The number of nitrogens with zero attached hydrogens (tertiary/aromatic N) is 1. The molecule has 0 aromatic carbocycles. The molecule has 0 spiro atoms. The average molecular weight is 1090 g/mol. The molecule has 1 amide bonds. The Balaban J connectivity index is 4.23. The predicted molar refractivity (Wildman–Crippen MR) is 334 cm³/mol. The van der Waals surface area contributed by atoms with Crippen molar-refractivity contribution in [3.63, 3.8) is 0 Å². The van der Waals surface area contributed by atoms with Crippen LogP contribution in [0.2, 0.25) is 0 Å². The van der Waals surface area contributed by atoms with Gasteiger partial charge in [-0.1, -0.05) is 257 Å². The van der Waals surface area contributed by atoms with Crippen molar-refractivity contribution in [3.8, 4) is 0 Å². The average Bonchev–Trinajstić information content (AvgIpc) is 3.39. The molecule has 0 saturated carbocycles. The number of amides is 1. The molecule has 0 aliphatic heterocycles. The zero-order valence-electron chi connectivity index (χ0n) is 50.1. The SMILES string of the molecule is CC/C=C\C/C=C\C/C=C\C/C=C\C/C=C\C/C=C\C/C=C\C/C=C\CCCCCCCCCCCCC(=O)NC(COP(=O)([O-])OCC[N+](C)(C)C)C(O)/C=C/CC/C=C/CC/C=C/CCCCCCCCCCCC. The molecule has 0 aliphatic carbocycles. The van der Waals surface area contributed by atoms with E-state index < -0.39 is 26.6 Å². The van der Waals surface area contributed by atoms with Gasteiger partial charge in [0.05, 0.1) is 39.9 Å². The first-order valence-electron chi connectivity index (χ1n) is 31.0. The highest BCUT2D eigenvalue weighted by atomic mass is 31.2. The zero-order chi connectivity index (χ0) is 56.3. The van der Waals surface area contributed by atoms with Crippen LogP contribution in [0.1, 0.15) is 239 Å². The molecule has 9 heteroatoms. The third kappa shape index (κ3) is 60.1. The molecule has 8 nitrogen and oxygen atoms in total. The van der Waals surface area contributed by atoms with Gasteiger partial charge in [0.15, 0.2) is 0 Å². The molecule has 3 unspecified atom stereocenters. The van der Waals surface area contributed by atoms with Crippen LogP contribution in [0.25, 0.3) is 0 Å². The summed E-state index contributed by atoms with van der Waals surface area (Å²) in [6.07, 6.45) is 86.8. The Kier molecular flexibility index (Phi) is 54.8. The van der Waals surface area contributed by atoms with E-state index in [4.69, 9.17) is 9.05 Å². The molecular weight excluding hydrogens is 972 g/mol. The summed E-state index contributed by atoms with van der Waals surface area (Å²) in [5.74, 6) is -0.221. The van der Waals surface area contributed by atoms with Crippen molar-refractivity contribution in [2.45, 2.75) is 251 Å². The first kappa shape index (κ1) is 73.6. The Morgan fingerprint density at radius 3 is 1.21 bits per heavy atom. The number of hydrogen-bond acceptors (Lipinski definition) is 6. The lowest BCUT2D eigenvalue weighted by molar-refractivity contribution is -0.870. The van der Waals surface area contributed by atoms with Crippen molar-refractivity contribution in [1.82, 2.24) is 5.32 Å². The standard InChI is InChI=1S/C68H117N2O6P/c1-6-8-10-12-14-16-18-20-22-24-26-28-29-30-31-32-33-34-35-36-37-38-39-40-41-42-44-46-48-50-52-54-56-58-60-62-68(72)69-66(65-76-77(73,74)75-64-63-70(3,4)5)67(71)61-59-57-55-53-51-49-47-45-43-27-25-23-21-19-17-15-13-11-9-7-2/h8,10,14,16,20,22,26,28,30-31,33-34,36-37,39-40,43,45,51,53,59,61,66-67,71H,6-7,9,11-13,15,17-19,21,23-25,27,29,32,35,38,41-42,44,46-50,52,54-58,60,62-65H2,1-5H3,(H-,69,72,73,74)/b10-8-,16-14-,22-20-,28-26-,31-30-,34-33-,37-36-,40-39-,45-43+,53-51+,61-59+. The fraction of sp³-hybridized carbons (Fsp3) is 0.662. The van der Waals surface area contributed by atoms with Crippen molar-refractivity contribution < 1.29 is 32.9 Å². The van der Waals surface area contributed by atoms with Gasteiger partial charge < -0.3 is 28.8 Å². The normalized spacial score (nSPS) is 14.7. The van der Waals surface area contributed by atoms with Gasteiger partial charge in [0.25, 0.3) is 7.82 Å². The van der Waals surface area contributed by atoms with Crippen LogP contribution < -0.4 is 10.2 Å². The van der Waals surface area contributed by atoms with Crippen LogP contribution in [0.15, 0.2) is 134 Å². The molecule has 0 fully saturated rings. The predicted octanol–water partition coefficient (Wildman–Crippen LogP) is 18.9. The van der Waals surface area contributed by atoms with E-state index in [0.717, 1.165) is 109 Å². The number of unbranched alkanes of at least 4 members (excludes halogenated alkanes) is 22. The molecule has 77 heavy (non-hydrogen) atoms. The number of quaternary nitrogens is 1. The molecule has 0 rings (SSSR count). The molecule has 0 radical (unpaired) electrons. The highest BCUT2D eigenvalue weighted by Crippen LogP contribution is 2.38. The van der Waals surface area contributed by atoms with Crippen molar-refractivity contribution in [2.75, 3.05) is 40.9 Å². The van der Waals surface area contributed by atoms with Gasteiger partial charge in [0, 0.05) is 6.42 Å². The maximum Gasteiger partial charge on any atom is 0.268 e. The zero-order valence-corrected chi connectivity index (χ0v) is 51.0. The first-order chi connectivity index (χ1) is 37.5. The van der Waals surface area contributed by atoms with E-state index >= 15 is 0 Å². The van der Waals surface area contributed by atoms with Gasteiger partial charge >= 0.3 is 0 Å². The number of aliphatic hydroxyl groups excluding tert-OH is 1. The van der Waals surface area contributed by atoms with Gasteiger partial charge in [-0.3, -0.25) is 9.36 Å². The summed E-state index contributed by atoms with van der Waals surface area (Å²) in [4.78, 5) is 25.5. The maximum absolute atomic E-state index is 13.0. The topological polar surface area (TPSA) is 108 Å². The molecule has 0 heterocycles. The quantitative estimate of drug-likeness (QED) is 0.0272. The first-order valence-corrected chi connectivity index (χ1v) is 32.5. The summed E-state index contributed by atoms with van der Waals surface area (Å²) < 4.78 is 23.3. The second-order valence-corrected chi connectivity index (χ2v) is 23.1. The number of allylic oxidation sites excluding steroid dienone is 21. The molecule has 0 saturated heterocycles. The summed E-state index contributed by atoms with van der Waals surface area (Å²) in [6, 6.07) is -0.922. The van der Waals surface area contributed by atoms with Gasteiger partial charge in [-0.2, -0.15) is 0 Å². The number of phosphoric acid groups is 1. The number of hydrogen-bond donors (Lipinski definition) is 2. The van der Waals surface area contributed by atoms with Crippen LogP contribution in [-0.2, 0) is 18.4 Å². The molecule has 3 atom stereocenters. The minimum atomic E-state index is -4.62. The van der Waals surface area contributed by atoms with Crippen molar-refractivity contribution >= 4 is 13.7 Å². The Bertz CT molecular complexity index is 1710. The van der Waals surface area contributed by atoms with Gasteiger partial charge in [-0.25, -0.2) is 0 Å². The fourth-order valence-corrected chi connectivity index (χ4v) is 8.98. The lowest BCUT2D eigenvalue weighted by atomic mass is 10.0. The van der Waals surface area contributed by atoms with E-state index in [2.05, 4.69) is 141 Å². The maximum atomic E-state index is 13.0. The molecule has 0 aromatic rings. The van der Waals surface area contributed by atoms with E-state index in [1.54, 1.807) is 6.08 Å². The number of carbonyl (C=O) groups excluding carboxylic acids is 1. The Morgan fingerprint density at radius 1 is 0.468 bits per heavy atom. The lowest BCUT2D eigenvalue weighted by Gasteiger charge is -2.29. The number of nitrogens with one attached hydrogen (secondary N) is 1. The number of likely N-dealkylation sites (N-methyl/N-ethyl adjacent to an activating group) is 1. The molecule has 0 aromatic heterocycles. The Labute approximate surface area is 475 Å². The minimum Gasteiger partial charge on any atom is -0.756 e. The van der Waals surface area contributed by atoms with Crippen LogP contribution in [-0.4, -0.2) is 68.5 Å². The van der Waals surface area contributed by atoms with E-state index in [9.17, 15) is 19.4 Å². The Morgan fingerprint density at radius 2 is 0.805 bits per heavy atom. The largest absolute Gasteiger partial charge is 0.756 e. The second-order valence-electron chi connectivity index (χ2n) is 21.7. The summed E-state index contributed by atoms with van der Waals surface area (Å²) in [7, 11) is 1.22. The van der Waals surface area contributed by atoms with Gasteiger partial charge in [-0.15, -0.1) is 0 Å². The third-order valence-corrected chi connectivity index (χ3v) is 14.0. The van der Waals surface area contributed by atoms with E-state index in [0.29, 0.717) is 17.4 Å². The third-order valence-electron chi connectivity index (χ3n) is 13.1. The van der Waals surface area contributed by atoms with Crippen molar-refractivity contribution in [1.29, 1.82) is 0 Å². The van der Waals surface area contributed by atoms with E-state index in [1.807, 2.05) is 27.2 Å². The van der Waals surface area contributed by atoms with Crippen LogP contribution >= 0.6 is 7.82 Å². The number of aliphatic hydroxyl groups is 1. The number of phosphoric ester groups is 1. The molecule has 2 N–H and O–H groups in total. The number of rotatable bonds is 55. The van der Waals surface area contributed by atoms with Gasteiger partial charge in [0.2, 0.25) is 5.91 Å². The van der Waals surface area contributed by atoms with Crippen LogP contribution in [0.5, 0.6) is 0 Å². The lowest BCUT2D eigenvalue weighted by Crippen LogP contribution is -2.45. The number of carbonyl (C=O) groups is 1. The van der Waals surface area contributed by atoms with Crippen molar-refractivity contribution in [2.24, 2.45) is 0 Å². The van der Waals surface area contributed by atoms with Crippen LogP contribution in [0.3, 0.4) is 0 Å². The second kappa shape index (κ2) is 57.3. The van der Waals surface area contributed by atoms with E-state index in [1.165, 1.54) is 109 Å². The summed E-state index contributed by atoms with van der Waals surface area (Å²) in [5.41, 5.74) is 0. The molecular formula is C68H117N2O6P. The van der Waals surface area contributed by atoms with Crippen LogP contribution in [0, 0.1) is 0 Å². The molecule has 0 bridgehead atoms. The molecule has 0 aliphatic rings. The monoisotopic (exact) mass is 1090 g/mol. The summed E-state index contributed by atoms with van der Waals surface area (Å²) in [6.45, 7) is 4.49. The summed E-state index contributed by atoms with van der Waals surface area (Å²) in [5, 5.41) is 13.9. The fourth-order valence-electron chi connectivity index (χ4n) is 8.26. The van der Waals surface area contributed by atoms with Crippen LogP contribution in [0.4, 0.5) is 0 Å². The highest BCUT2D eigenvalue weighted by molar-refractivity contribution is 7.45. The summed E-state index contributed by atoms with van der Waals surface area (Å²) >= 11 is 0. The van der Waals surface area contributed by atoms with Gasteiger partial charge in [0.1, 0.15) is 13.2 Å². The highest BCUT2D eigenvalue weighted by Gasteiger charge is 2.23. The Hall–Kier alpha value is -3.36. The van der Waals surface area contributed by atoms with E-state index in [-0.39, 0.29) is 12.5 Å². The molecule has 440 valence electrons. The smallest absolute Gasteiger partial charge is 0.268 e. The minimum absolute atomic E-state index is 0.0163. The van der Waals surface area contributed by atoms with Crippen molar-refractivity contribution in [3.05, 3.63) is 134 Å². The van der Waals surface area contributed by atoms with Gasteiger partial charge in [-0.05, 0) is 109 Å².